The van der Waals surface area contributed by atoms with Crippen molar-refractivity contribution in [1.29, 1.82) is 0 Å². The van der Waals surface area contributed by atoms with Crippen molar-refractivity contribution in [3.63, 3.8) is 0 Å². The Hall–Kier alpha value is -2.42. The van der Waals surface area contributed by atoms with Crippen LogP contribution in [-0.4, -0.2) is 64.9 Å². The first-order valence-electron chi connectivity index (χ1n) is 10.2. The number of piperidine rings is 2. The van der Waals surface area contributed by atoms with Crippen LogP contribution in [0.2, 0.25) is 0 Å². The number of nitrogens with one attached hydrogen (secondary N) is 2. The highest BCUT2D eigenvalue weighted by molar-refractivity contribution is 6.27. The molecule has 0 spiro atoms. The molecule has 8 nitrogen and oxygen atoms in total. The van der Waals surface area contributed by atoms with Crippen molar-refractivity contribution >= 4 is 23.9 Å². The SMILES string of the molecule is O=CC(=O)C1c2cc(CN3CC4CC(C3)N4)ccc2CN1C1CCC(=O)NC1=O. The van der Waals surface area contributed by atoms with E-state index in [0.29, 0.717) is 31.3 Å². The van der Waals surface area contributed by atoms with Crippen molar-refractivity contribution in [3.05, 3.63) is 34.9 Å². The van der Waals surface area contributed by atoms with Gasteiger partial charge in [-0.05, 0) is 29.5 Å². The van der Waals surface area contributed by atoms with Gasteiger partial charge in [0.05, 0.1) is 6.04 Å². The normalized spacial score (nSPS) is 31.7. The van der Waals surface area contributed by atoms with Gasteiger partial charge in [-0.2, -0.15) is 0 Å². The summed E-state index contributed by atoms with van der Waals surface area (Å²) < 4.78 is 0. The van der Waals surface area contributed by atoms with Crippen molar-refractivity contribution in [1.82, 2.24) is 20.4 Å². The first-order valence-corrected chi connectivity index (χ1v) is 10.2. The molecule has 0 aromatic heterocycles. The van der Waals surface area contributed by atoms with Crippen LogP contribution < -0.4 is 10.6 Å². The summed E-state index contributed by atoms with van der Waals surface area (Å²) in [6.07, 6.45) is 2.19. The van der Waals surface area contributed by atoms with E-state index in [4.69, 9.17) is 0 Å². The highest BCUT2D eigenvalue weighted by Gasteiger charge is 2.43. The molecule has 4 unspecified atom stereocenters. The number of fused-ring (bicyclic) bond motifs is 3. The van der Waals surface area contributed by atoms with Crippen molar-refractivity contribution in [2.75, 3.05) is 13.1 Å². The first-order chi connectivity index (χ1) is 14.0. The number of rotatable bonds is 5. The van der Waals surface area contributed by atoms with E-state index < -0.39 is 23.8 Å². The number of aldehydes is 1. The minimum Gasteiger partial charge on any atom is -0.309 e. The first kappa shape index (κ1) is 18.6. The number of piperazine rings is 1. The lowest BCUT2D eigenvalue weighted by molar-refractivity contribution is -0.141. The molecular weight excluding hydrogens is 372 g/mol. The number of nitrogens with zero attached hydrogens (tertiary/aromatic N) is 2. The Morgan fingerprint density at radius 3 is 2.66 bits per heavy atom. The van der Waals surface area contributed by atoms with Crippen LogP contribution in [0, 0.1) is 0 Å². The second-order valence-corrected chi connectivity index (χ2v) is 8.59. The predicted molar refractivity (Wildman–Crippen MR) is 103 cm³/mol. The molecule has 6 rings (SSSR count). The minimum absolute atomic E-state index is 0.238. The van der Waals surface area contributed by atoms with E-state index in [0.717, 1.165) is 36.3 Å². The molecule has 5 aliphatic rings. The van der Waals surface area contributed by atoms with Crippen molar-refractivity contribution in [2.45, 2.75) is 56.5 Å². The van der Waals surface area contributed by atoms with Crippen LogP contribution in [0.15, 0.2) is 18.2 Å². The molecule has 5 aliphatic heterocycles. The zero-order chi connectivity index (χ0) is 20.1. The standard InChI is InChI=1S/C21H24N4O4/c26-11-18(27)20-16-5-12(7-24-9-14-6-15(10-24)22-14)1-2-13(16)8-25(20)17-3-4-19(28)23-21(17)29/h1-2,5,11,14-15,17,20,22H,3-4,6-10H2,(H,23,28,29). The molecule has 0 saturated carbocycles. The van der Waals surface area contributed by atoms with Crippen LogP contribution >= 0.6 is 0 Å². The lowest BCUT2D eigenvalue weighted by atomic mass is 9.91. The van der Waals surface area contributed by atoms with Crippen molar-refractivity contribution in [3.8, 4) is 0 Å². The molecular formula is C21H24N4O4. The van der Waals surface area contributed by atoms with Crippen molar-refractivity contribution < 1.29 is 19.2 Å². The van der Waals surface area contributed by atoms with Gasteiger partial charge in [0.25, 0.3) is 0 Å². The summed E-state index contributed by atoms with van der Waals surface area (Å²) in [6, 6.07) is 5.90. The number of carbonyl (C=O) groups is 4. The fourth-order valence-electron chi connectivity index (χ4n) is 5.27. The largest absolute Gasteiger partial charge is 0.309 e. The maximum Gasteiger partial charge on any atom is 0.243 e. The van der Waals surface area contributed by atoms with Gasteiger partial charge in [-0.3, -0.25) is 34.3 Å². The molecule has 0 radical (unpaired) electrons. The predicted octanol–water partition coefficient (Wildman–Crippen LogP) is -0.337. The van der Waals surface area contributed by atoms with Gasteiger partial charge in [-0.25, -0.2) is 0 Å². The van der Waals surface area contributed by atoms with Gasteiger partial charge in [0, 0.05) is 44.7 Å². The van der Waals surface area contributed by atoms with E-state index in [9.17, 15) is 19.2 Å². The third-order valence-electron chi connectivity index (χ3n) is 6.59. The van der Waals surface area contributed by atoms with Gasteiger partial charge in [0.1, 0.15) is 6.04 Å². The smallest absolute Gasteiger partial charge is 0.243 e. The number of amides is 2. The number of hydrogen-bond acceptors (Lipinski definition) is 7. The summed E-state index contributed by atoms with van der Waals surface area (Å²) in [6.45, 7) is 3.27. The van der Waals surface area contributed by atoms with Crippen LogP contribution in [-0.2, 0) is 32.3 Å². The zero-order valence-electron chi connectivity index (χ0n) is 16.1. The summed E-state index contributed by atoms with van der Waals surface area (Å²) in [5.41, 5.74) is 2.88. The fourth-order valence-corrected chi connectivity index (χ4v) is 5.27. The molecule has 2 N–H and O–H groups in total. The van der Waals surface area contributed by atoms with Gasteiger partial charge in [0.2, 0.25) is 17.6 Å². The second kappa shape index (κ2) is 7.12. The second-order valence-electron chi connectivity index (χ2n) is 8.59. The van der Waals surface area contributed by atoms with Crippen LogP contribution in [0.4, 0.5) is 0 Å². The molecule has 1 aromatic rings. The van der Waals surface area contributed by atoms with E-state index in [1.807, 2.05) is 12.1 Å². The quantitative estimate of drug-likeness (QED) is 0.399. The number of hydrogen-bond donors (Lipinski definition) is 2. The molecule has 4 fully saturated rings. The lowest BCUT2D eigenvalue weighted by Crippen LogP contribution is -2.66. The maximum absolute atomic E-state index is 12.5. The number of benzene rings is 1. The summed E-state index contributed by atoms with van der Waals surface area (Å²) >= 11 is 0. The van der Waals surface area contributed by atoms with Crippen LogP contribution in [0.5, 0.6) is 0 Å². The van der Waals surface area contributed by atoms with Gasteiger partial charge in [-0.15, -0.1) is 0 Å². The van der Waals surface area contributed by atoms with E-state index in [1.54, 1.807) is 4.90 Å². The van der Waals surface area contributed by atoms with Crippen LogP contribution in [0.1, 0.15) is 42.0 Å². The maximum atomic E-state index is 12.5. The van der Waals surface area contributed by atoms with Crippen LogP contribution in [0.3, 0.4) is 0 Å². The number of carbonyl (C=O) groups excluding carboxylic acids is 4. The summed E-state index contributed by atoms with van der Waals surface area (Å²) in [5.74, 6) is -1.23. The number of ketones is 1. The summed E-state index contributed by atoms with van der Waals surface area (Å²) in [7, 11) is 0. The number of Topliss-reactive ketones (excluding diaryl/α,β-unsaturated/α-hetero) is 1. The highest BCUT2D eigenvalue weighted by atomic mass is 16.2. The summed E-state index contributed by atoms with van der Waals surface area (Å²) in [5, 5.41) is 5.87. The Morgan fingerprint density at radius 2 is 1.97 bits per heavy atom. The Labute approximate surface area is 168 Å². The topological polar surface area (TPSA) is 98.8 Å². The fraction of sp³-hybridized carbons (Fsp3) is 0.524. The van der Waals surface area contributed by atoms with E-state index in [-0.39, 0.29) is 12.3 Å². The monoisotopic (exact) mass is 396 g/mol. The van der Waals surface area contributed by atoms with Gasteiger partial charge in [-0.1, -0.05) is 18.2 Å². The van der Waals surface area contributed by atoms with Crippen LogP contribution in [0.25, 0.3) is 0 Å². The third kappa shape index (κ3) is 3.31. The Kier molecular flexibility index (Phi) is 4.57. The van der Waals surface area contributed by atoms with Crippen molar-refractivity contribution in [2.24, 2.45) is 0 Å². The molecule has 29 heavy (non-hydrogen) atoms. The highest BCUT2D eigenvalue weighted by Crippen LogP contribution is 2.38. The van der Waals surface area contributed by atoms with Gasteiger partial charge >= 0.3 is 0 Å². The average molecular weight is 396 g/mol. The molecule has 152 valence electrons. The molecule has 4 atom stereocenters. The third-order valence-corrected chi connectivity index (χ3v) is 6.59. The number of imide groups is 1. The molecule has 8 heteroatoms. The van der Waals surface area contributed by atoms with Gasteiger partial charge < -0.3 is 5.32 Å². The Bertz CT molecular complexity index is 885. The molecule has 4 saturated heterocycles. The molecule has 5 heterocycles. The summed E-state index contributed by atoms with van der Waals surface area (Å²) in [4.78, 5) is 52.0. The Morgan fingerprint density at radius 1 is 1.21 bits per heavy atom. The average Bonchev–Trinajstić information content (AvgIpc) is 3.05. The van der Waals surface area contributed by atoms with E-state index in [2.05, 4.69) is 21.6 Å². The molecule has 0 aliphatic carbocycles. The van der Waals surface area contributed by atoms with Gasteiger partial charge in [0.15, 0.2) is 6.29 Å². The zero-order valence-corrected chi connectivity index (χ0v) is 16.1. The van der Waals surface area contributed by atoms with E-state index >= 15 is 0 Å². The molecule has 2 amide bonds. The molecule has 1 aromatic carbocycles. The van der Waals surface area contributed by atoms with E-state index in [1.165, 1.54) is 6.42 Å². The Balaban J connectivity index is 1.39. The lowest BCUT2D eigenvalue weighted by Gasteiger charge is -2.48. The minimum atomic E-state index is -0.761. The molecule has 2 bridgehead atoms.